The number of aryl methyl sites for hydroxylation is 2. The Balaban J connectivity index is 1.60. The summed E-state index contributed by atoms with van der Waals surface area (Å²) in [5, 5.41) is 11.0. The molecule has 0 aliphatic carbocycles. The second-order valence-electron chi connectivity index (χ2n) is 6.97. The van der Waals surface area contributed by atoms with E-state index in [0.29, 0.717) is 6.42 Å². The number of unbranched alkanes of at least 4 members (excludes halogenated alkanes) is 5. The van der Waals surface area contributed by atoms with Crippen LogP contribution in [0.3, 0.4) is 0 Å². The van der Waals surface area contributed by atoms with E-state index in [9.17, 15) is 4.79 Å². The standard InChI is InChI=1S/C22H26N2O2/c1-16-12-14-23-21-18(16)10-11-19-17(13-15-24-22(19)21)8-6-4-2-3-5-7-9-20(25)26/h10-15H,2-9H2,1H3,(H,25,26). The van der Waals surface area contributed by atoms with Gasteiger partial charge in [-0.1, -0.05) is 37.8 Å². The second kappa shape index (κ2) is 8.75. The third kappa shape index (κ3) is 4.37. The van der Waals surface area contributed by atoms with Gasteiger partial charge in [-0.05, 0) is 49.4 Å². The summed E-state index contributed by atoms with van der Waals surface area (Å²) in [6.45, 7) is 2.11. The fraction of sp³-hybridized carbons (Fsp3) is 0.409. The van der Waals surface area contributed by atoms with Crippen molar-refractivity contribution >= 4 is 27.8 Å². The highest BCUT2D eigenvalue weighted by atomic mass is 16.4. The van der Waals surface area contributed by atoms with Crippen LogP contribution in [0.15, 0.2) is 36.7 Å². The molecule has 0 radical (unpaired) electrons. The summed E-state index contributed by atoms with van der Waals surface area (Å²) < 4.78 is 0. The lowest BCUT2D eigenvalue weighted by Gasteiger charge is -2.09. The van der Waals surface area contributed by atoms with Gasteiger partial charge in [0.15, 0.2) is 0 Å². The highest BCUT2D eigenvalue weighted by Gasteiger charge is 2.08. The van der Waals surface area contributed by atoms with E-state index in [2.05, 4.69) is 35.1 Å². The number of aromatic nitrogens is 2. The van der Waals surface area contributed by atoms with Gasteiger partial charge in [0.1, 0.15) is 0 Å². The Morgan fingerprint density at radius 3 is 2.23 bits per heavy atom. The third-order valence-electron chi connectivity index (χ3n) is 5.02. The van der Waals surface area contributed by atoms with Crippen LogP contribution in [0.2, 0.25) is 0 Å². The first-order chi connectivity index (χ1) is 12.7. The minimum atomic E-state index is -0.688. The van der Waals surface area contributed by atoms with Crippen LogP contribution < -0.4 is 0 Å². The summed E-state index contributed by atoms with van der Waals surface area (Å²) in [6, 6.07) is 8.50. The molecule has 0 bridgehead atoms. The summed E-state index contributed by atoms with van der Waals surface area (Å²) >= 11 is 0. The molecular weight excluding hydrogens is 324 g/mol. The van der Waals surface area contributed by atoms with E-state index in [4.69, 9.17) is 5.11 Å². The molecular formula is C22H26N2O2. The highest BCUT2D eigenvalue weighted by Crippen LogP contribution is 2.27. The average molecular weight is 350 g/mol. The van der Waals surface area contributed by atoms with Crippen LogP contribution in [0, 0.1) is 6.92 Å². The third-order valence-corrected chi connectivity index (χ3v) is 5.02. The quantitative estimate of drug-likeness (QED) is 0.412. The van der Waals surface area contributed by atoms with Crippen LogP contribution in [-0.2, 0) is 11.2 Å². The molecule has 0 atom stereocenters. The maximum absolute atomic E-state index is 10.5. The first-order valence-corrected chi connectivity index (χ1v) is 9.50. The normalized spacial score (nSPS) is 11.3. The largest absolute Gasteiger partial charge is 0.481 e. The van der Waals surface area contributed by atoms with E-state index in [0.717, 1.165) is 43.1 Å². The molecule has 26 heavy (non-hydrogen) atoms. The Labute approximate surface area is 154 Å². The Kier molecular flexibility index (Phi) is 6.16. The number of hydrogen-bond donors (Lipinski definition) is 1. The lowest BCUT2D eigenvalue weighted by molar-refractivity contribution is -0.137. The molecule has 0 unspecified atom stereocenters. The first-order valence-electron chi connectivity index (χ1n) is 9.50. The van der Waals surface area contributed by atoms with E-state index in [1.807, 2.05) is 18.5 Å². The summed E-state index contributed by atoms with van der Waals surface area (Å²) in [5.41, 5.74) is 4.55. The number of benzene rings is 1. The zero-order valence-corrected chi connectivity index (χ0v) is 15.4. The van der Waals surface area contributed by atoms with Gasteiger partial charge in [-0.2, -0.15) is 0 Å². The lowest BCUT2D eigenvalue weighted by Crippen LogP contribution is -1.94. The van der Waals surface area contributed by atoms with Crippen molar-refractivity contribution < 1.29 is 9.90 Å². The van der Waals surface area contributed by atoms with Crippen LogP contribution >= 0.6 is 0 Å². The number of fused-ring (bicyclic) bond motifs is 3. The number of hydrogen-bond acceptors (Lipinski definition) is 3. The molecule has 2 aromatic heterocycles. The molecule has 1 N–H and O–H groups in total. The van der Waals surface area contributed by atoms with Crippen molar-refractivity contribution in [1.82, 2.24) is 9.97 Å². The smallest absolute Gasteiger partial charge is 0.303 e. The topological polar surface area (TPSA) is 63.1 Å². The fourth-order valence-corrected chi connectivity index (χ4v) is 3.54. The molecule has 0 amide bonds. The monoisotopic (exact) mass is 350 g/mol. The van der Waals surface area contributed by atoms with Gasteiger partial charge >= 0.3 is 5.97 Å². The zero-order valence-electron chi connectivity index (χ0n) is 15.4. The molecule has 4 nitrogen and oxygen atoms in total. The molecule has 0 spiro atoms. The van der Waals surface area contributed by atoms with Crippen LogP contribution in [0.1, 0.15) is 56.1 Å². The molecule has 4 heteroatoms. The fourth-order valence-electron chi connectivity index (χ4n) is 3.54. The minimum Gasteiger partial charge on any atom is -0.481 e. The molecule has 3 rings (SSSR count). The molecule has 136 valence electrons. The summed E-state index contributed by atoms with van der Waals surface area (Å²) in [5.74, 6) is -0.688. The maximum atomic E-state index is 10.5. The molecule has 2 heterocycles. The van der Waals surface area contributed by atoms with Gasteiger partial charge < -0.3 is 5.11 Å². The van der Waals surface area contributed by atoms with Crippen molar-refractivity contribution in [2.24, 2.45) is 0 Å². The van der Waals surface area contributed by atoms with Gasteiger partial charge in [0.2, 0.25) is 0 Å². The van der Waals surface area contributed by atoms with E-state index in [1.54, 1.807) is 0 Å². The molecule has 3 aromatic rings. The van der Waals surface area contributed by atoms with Gasteiger partial charge in [-0.25, -0.2) is 0 Å². The van der Waals surface area contributed by atoms with Crippen molar-refractivity contribution in [3.63, 3.8) is 0 Å². The Hall–Kier alpha value is -2.49. The van der Waals surface area contributed by atoms with E-state index < -0.39 is 5.97 Å². The molecule has 0 saturated heterocycles. The minimum absolute atomic E-state index is 0.296. The summed E-state index contributed by atoms with van der Waals surface area (Å²) in [6.07, 6.45) is 11.5. The molecule has 1 aromatic carbocycles. The molecule has 0 aliphatic heterocycles. The van der Waals surface area contributed by atoms with E-state index in [-0.39, 0.29) is 0 Å². The lowest BCUT2D eigenvalue weighted by atomic mass is 9.99. The molecule has 0 fully saturated rings. The first kappa shape index (κ1) is 18.3. The summed E-state index contributed by atoms with van der Waals surface area (Å²) in [4.78, 5) is 19.6. The number of aliphatic carboxylic acids is 1. The van der Waals surface area contributed by atoms with Crippen molar-refractivity contribution in [3.8, 4) is 0 Å². The van der Waals surface area contributed by atoms with Crippen LogP contribution in [-0.4, -0.2) is 21.0 Å². The van der Waals surface area contributed by atoms with E-state index >= 15 is 0 Å². The molecule has 0 saturated carbocycles. The Bertz CT molecular complexity index is 905. The predicted molar refractivity (Wildman–Crippen MR) is 105 cm³/mol. The predicted octanol–water partition coefficient (Wildman–Crippen LogP) is 5.45. The van der Waals surface area contributed by atoms with Crippen molar-refractivity contribution in [2.45, 2.75) is 58.3 Å². The van der Waals surface area contributed by atoms with Crippen molar-refractivity contribution in [2.75, 3.05) is 0 Å². The Morgan fingerprint density at radius 2 is 1.46 bits per heavy atom. The Morgan fingerprint density at radius 1 is 0.846 bits per heavy atom. The van der Waals surface area contributed by atoms with Crippen LogP contribution in [0.5, 0.6) is 0 Å². The zero-order chi connectivity index (χ0) is 18.4. The van der Waals surface area contributed by atoms with Gasteiger partial charge in [-0.3, -0.25) is 14.8 Å². The second-order valence-corrected chi connectivity index (χ2v) is 6.97. The van der Waals surface area contributed by atoms with Crippen molar-refractivity contribution in [3.05, 3.63) is 47.8 Å². The van der Waals surface area contributed by atoms with Gasteiger partial charge in [-0.15, -0.1) is 0 Å². The SMILES string of the molecule is Cc1ccnc2c1ccc1c(CCCCCCCCC(=O)O)ccnc12. The average Bonchev–Trinajstić information content (AvgIpc) is 2.64. The van der Waals surface area contributed by atoms with Crippen molar-refractivity contribution in [1.29, 1.82) is 0 Å². The number of nitrogens with zero attached hydrogens (tertiary/aromatic N) is 2. The maximum Gasteiger partial charge on any atom is 0.303 e. The van der Waals surface area contributed by atoms with Crippen LogP contribution in [0.25, 0.3) is 21.8 Å². The number of carbonyl (C=O) groups is 1. The number of carboxylic acids is 1. The van der Waals surface area contributed by atoms with Gasteiger partial charge in [0, 0.05) is 29.6 Å². The number of carboxylic acid groups (broad SMARTS) is 1. The van der Waals surface area contributed by atoms with Gasteiger partial charge in [0.05, 0.1) is 11.0 Å². The van der Waals surface area contributed by atoms with Gasteiger partial charge in [0.25, 0.3) is 0 Å². The number of rotatable bonds is 9. The molecule has 0 aliphatic rings. The summed E-state index contributed by atoms with van der Waals surface area (Å²) in [7, 11) is 0. The number of pyridine rings is 2. The van der Waals surface area contributed by atoms with Crippen LogP contribution in [0.4, 0.5) is 0 Å². The van der Waals surface area contributed by atoms with E-state index in [1.165, 1.54) is 34.7 Å². The highest BCUT2D eigenvalue weighted by molar-refractivity contribution is 6.04.